The molecule has 57 heavy (non-hydrogen) atoms. The quantitative estimate of drug-likeness (QED) is 0.0709. The maximum atomic E-state index is 15.1. The average Bonchev–Trinajstić information content (AvgIpc) is 3.21. The molecule has 1 fully saturated rings. The van der Waals surface area contributed by atoms with Gasteiger partial charge in [-0.25, -0.2) is 0 Å². The Hall–Kier alpha value is -4.44. The molecule has 3 aromatic carbocycles. The van der Waals surface area contributed by atoms with Crippen LogP contribution in [0.4, 0.5) is 0 Å². The van der Waals surface area contributed by atoms with Crippen LogP contribution in [-0.4, -0.2) is 77.1 Å². The molecule has 2 N–H and O–H groups in total. The zero-order valence-corrected chi connectivity index (χ0v) is 34.3. The number of amides is 1. The summed E-state index contributed by atoms with van der Waals surface area (Å²) in [5.41, 5.74) is 2.84. The number of allylic oxidation sites excluding steroid dienone is 1. The summed E-state index contributed by atoms with van der Waals surface area (Å²) in [6, 6.07) is 19.4. The van der Waals surface area contributed by atoms with Crippen molar-refractivity contribution in [1.29, 1.82) is 0 Å². The lowest BCUT2D eigenvalue weighted by Crippen LogP contribution is -2.70. The van der Waals surface area contributed by atoms with E-state index in [4.69, 9.17) is 24.2 Å². The minimum atomic E-state index is -1.32. The highest BCUT2D eigenvalue weighted by Crippen LogP contribution is 2.62. The number of aliphatic hydroxyl groups excluding tert-OH is 2. The van der Waals surface area contributed by atoms with E-state index >= 15 is 4.79 Å². The number of unbranched alkanes of at least 4 members (excludes halogenated alkanes) is 2. The van der Waals surface area contributed by atoms with E-state index < -0.39 is 23.3 Å². The van der Waals surface area contributed by atoms with Gasteiger partial charge in [-0.2, -0.15) is 0 Å². The third-order valence-electron chi connectivity index (χ3n) is 11.5. The highest BCUT2D eigenvalue weighted by molar-refractivity contribution is 6.04. The topological polar surface area (TPSA) is 110 Å². The number of ether oxygens (including phenoxy) is 3. The first-order chi connectivity index (χ1) is 27.6. The van der Waals surface area contributed by atoms with Crippen LogP contribution in [0.5, 0.6) is 11.5 Å². The number of hydrogen-bond donors (Lipinski definition) is 2. The minimum Gasteiger partial charge on any atom is -0.490 e. The van der Waals surface area contributed by atoms with Crippen LogP contribution in [0.2, 0.25) is 0 Å². The summed E-state index contributed by atoms with van der Waals surface area (Å²) >= 11 is 0. The van der Waals surface area contributed by atoms with E-state index in [2.05, 4.69) is 38.3 Å². The summed E-state index contributed by atoms with van der Waals surface area (Å²) < 4.78 is 20.6. The molecule has 6 rings (SSSR count). The number of oxime groups is 1. The monoisotopic (exact) mass is 778 g/mol. The van der Waals surface area contributed by atoms with Crippen molar-refractivity contribution in [3.05, 3.63) is 109 Å². The van der Waals surface area contributed by atoms with Gasteiger partial charge >= 0.3 is 0 Å². The maximum absolute atomic E-state index is 15.1. The molecule has 0 radical (unpaired) electrons. The highest BCUT2D eigenvalue weighted by atomic mass is 16.7. The van der Waals surface area contributed by atoms with E-state index in [1.807, 2.05) is 74.2 Å². The second-order valence-electron chi connectivity index (χ2n) is 16.6. The van der Waals surface area contributed by atoms with Crippen molar-refractivity contribution in [1.82, 2.24) is 4.90 Å². The minimum absolute atomic E-state index is 0.103. The van der Waals surface area contributed by atoms with Gasteiger partial charge in [0.25, 0.3) is 5.91 Å². The van der Waals surface area contributed by atoms with E-state index in [-0.39, 0.29) is 43.5 Å². The predicted molar refractivity (Wildman–Crippen MR) is 227 cm³/mol. The Kier molecular flexibility index (Phi) is 14.0. The fraction of sp³-hybridized carbons (Fsp3) is 0.500. The molecular formula is C48H62N2O7. The normalized spacial score (nSPS) is 24.5. The van der Waals surface area contributed by atoms with Gasteiger partial charge in [-0.1, -0.05) is 80.1 Å². The first kappa shape index (κ1) is 42.2. The van der Waals surface area contributed by atoms with Gasteiger partial charge in [0, 0.05) is 43.2 Å². The molecule has 9 heteroatoms. The van der Waals surface area contributed by atoms with Gasteiger partial charge < -0.3 is 34.2 Å². The van der Waals surface area contributed by atoms with E-state index in [9.17, 15) is 10.2 Å². The van der Waals surface area contributed by atoms with Crippen molar-refractivity contribution in [3.8, 4) is 11.5 Å². The number of carbonyl (C=O) groups is 1. The molecule has 0 bridgehead atoms. The SMILES string of the molecule is C=CCOc1ccc2c(c1)C1C(CCCCO)C(CCCCO)C=C3C(=NOC(C)(C)C)CC(N(CCC)C(=O)c4ccc5ccccc5c4)C(OCC=C)(O2)C31. The zero-order valence-electron chi connectivity index (χ0n) is 34.3. The molecule has 0 aromatic heterocycles. The third kappa shape index (κ3) is 9.16. The van der Waals surface area contributed by atoms with Gasteiger partial charge in [0.05, 0.1) is 18.2 Å². The summed E-state index contributed by atoms with van der Waals surface area (Å²) in [4.78, 5) is 23.3. The Morgan fingerprint density at radius 3 is 2.40 bits per heavy atom. The van der Waals surface area contributed by atoms with Crippen LogP contribution < -0.4 is 9.47 Å². The van der Waals surface area contributed by atoms with E-state index in [0.717, 1.165) is 59.1 Å². The number of carbonyl (C=O) groups excluding carboxylic acids is 1. The lowest BCUT2D eigenvalue weighted by molar-refractivity contribution is -0.254. The molecule has 0 saturated heterocycles. The van der Waals surface area contributed by atoms with Crippen molar-refractivity contribution in [2.24, 2.45) is 22.9 Å². The number of hydrogen-bond acceptors (Lipinski definition) is 8. The van der Waals surface area contributed by atoms with Crippen molar-refractivity contribution < 1.29 is 34.1 Å². The van der Waals surface area contributed by atoms with Crippen LogP contribution in [0.25, 0.3) is 10.8 Å². The Balaban J connectivity index is 1.61. The van der Waals surface area contributed by atoms with Crippen molar-refractivity contribution >= 4 is 22.4 Å². The van der Waals surface area contributed by atoms with Gasteiger partial charge in [-0.3, -0.25) is 4.79 Å². The van der Waals surface area contributed by atoms with Crippen molar-refractivity contribution in [2.45, 2.75) is 102 Å². The van der Waals surface area contributed by atoms with Gasteiger partial charge in [0.1, 0.15) is 29.7 Å². The van der Waals surface area contributed by atoms with E-state index in [0.29, 0.717) is 50.1 Å². The molecule has 1 aliphatic heterocycles. The van der Waals surface area contributed by atoms with Crippen LogP contribution in [0, 0.1) is 17.8 Å². The Bertz CT molecular complexity index is 1930. The number of nitrogens with zero attached hydrogens (tertiary/aromatic N) is 2. The summed E-state index contributed by atoms with van der Waals surface area (Å²) in [5.74, 6) is -0.288. The summed E-state index contributed by atoms with van der Waals surface area (Å²) in [6.07, 6.45) is 11.7. The summed E-state index contributed by atoms with van der Waals surface area (Å²) in [5, 5.41) is 26.8. The van der Waals surface area contributed by atoms with E-state index in [1.165, 1.54) is 0 Å². The number of benzene rings is 3. The van der Waals surface area contributed by atoms with Crippen LogP contribution >= 0.6 is 0 Å². The molecule has 1 amide bonds. The largest absolute Gasteiger partial charge is 0.490 e. The van der Waals surface area contributed by atoms with Crippen LogP contribution in [0.15, 0.2) is 103 Å². The summed E-state index contributed by atoms with van der Waals surface area (Å²) in [6.45, 7) is 17.2. The molecule has 1 heterocycles. The third-order valence-corrected chi connectivity index (χ3v) is 11.5. The number of fused-ring (bicyclic) bond motifs is 3. The second-order valence-corrected chi connectivity index (χ2v) is 16.6. The Morgan fingerprint density at radius 1 is 0.965 bits per heavy atom. The van der Waals surface area contributed by atoms with Crippen LogP contribution in [0.3, 0.4) is 0 Å². The Labute approximate surface area is 339 Å². The van der Waals surface area contributed by atoms with Crippen molar-refractivity contribution in [3.63, 3.8) is 0 Å². The predicted octanol–water partition coefficient (Wildman–Crippen LogP) is 9.39. The summed E-state index contributed by atoms with van der Waals surface area (Å²) in [7, 11) is 0. The number of aliphatic hydroxyl groups is 2. The zero-order chi connectivity index (χ0) is 40.6. The average molecular weight is 779 g/mol. The first-order valence-electron chi connectivity index (χ1n) is 20.9. The maximum Gasteiger partial charge on any atom is 0.254 e. The molecule has 9 nitrogen and oxygen atoms in total. The molecule has 6 unspecified atom stereocenters. The molecule has 0 spiro atoms. The van der Waals surface area contributed by atoms with Crippen molar-refractivity contribution in [2.75, 3.05) is 33.0 Å². The van der Waals surface area contributed by atoms with Gasteiger partial charge in [0.2, 0.25) is 5.79 Å². The molecule has 2 aliphatic carbocycles. The van der Waals surface area contributed by atoms with Gasteiger partial charge in [0.15, 0.2) is 0 Å². The highest BCUT2D eigenvalue weighted by Gasteiger charge is 2.65. The Morgan fingerprint density at radius 2 is 1.70 bits per heavy atom. The van der Waals surface area contributed by atoms with Crippen LogP contribution in [0.1, 0.15) is 101 Å². The molecule has 3 aliphatic rings. The smallest absolute Gasteiger partial charge is 0.254 e. The van der Waals surface area contributed by atoms with E-state index in [1.54, 1.807) is 12.2 Å². The molecule has 6 atom stereocenters. The molecule has 3 aromatic rings. The molecular weight excluding hydrogens is 717 g/mol. The lowest BCUT2D eigenvalue weighted by Gasteiger charge is -2.60. The van der Waals surface area contributed by atoms with Gasteiger partial charge in [-0.15, -0.1) is 6.58 Å². The lowest BCUT2D eigenvalue weighted by atomic mass is 9.55. The second kappa shape index (κ2) is 18.9. The van der Waals surface area contributed by atoms with Crippen LogP contribution in [-0.2, 0) is 9.57 Å². The number of rotatable bonds is 19. The van der Waals surface area contributed by atoms with Gasteiger partial charge in [-0.05, 0) is 111 Å². The standard InChI is InChI=1S/C48H62N2O7/c1-7-24-50(46(53)36-21-20-33-16-10-11-17-34(33)29-36)43-32-41(49-57-47(4,5)6)39-30-35(18-12-14-25-51)38(19-13-15-26-52)44-40-31-37(54-27-8-2)22-23-42(40)56-48(43,45(39)44)55-28-9-3/h8-11,16-17,20-23,29-31,35,38,43-45,51-52H,2-3,7,12-15,18-19,24-28,32H2,1,4-6H3. The fourth-order valence-electron chi connectivity index (χ4n) is 9.21. The molecule has 1 saturated carbocycles. The first-order valence-corrected chi connectivity index (χ1v) is 20.9. The molecule has 306 valence electrons. The fourth-order valence-corrected chi connectivity index (χ4v) is 9.21.